The number of alkyl halides is 3. The minimum atomic E-state index is -4.63. The van der Waals surface area contributed by atoms with Crippen LogP contribution in [0.25, 0.3) is 0 Å². The van der Waals surface area contributed by atoms with Crippen molar-refractivity contribution in [3.63, 3.8) is 0 Å². The number of aryl methyl sites for hydroxylation is 1. The second-order valence-electron chi connectivity index (χ2n) is 8.71. The average Bonchev–Trinajstić information content (AvgIpc) is 2.63. The number of piperidine rings is 1. The molecule has 0 aromatic carbocycles. The minimum Gasteiger partial charge on any atom is -0.444 e. The van der Waals surface area contributed by atoms with Crippen molar-refractivity contribution in [1.29, 1.82) is 0 Å². The van der Waals surface area contributed by atoms with Crippen LogP contribution in [0.4, 0.5) is 23.8 Å². The molecule has 0 spiro atoms. The number of alkyl carbamates (subject to hydrolysis) is 1. The van der Waals surface area contributed by atoms with Gasteiger partial charge in [0, 0.05) is 24.3 Å². The zero-order valence-electron chi connectivity index (χ0n) is 18.3. The fourth-order valence-corrected chi connectivity index (χ4v) is 3.45. The lowest BCUT2D eigenvalue weighted by molar-refractivity contribution is -0.145. The molecule has 11 heteroatoms. The van der Waals surface area contributed by atoms with Gasteiger partial charge in [-0.25, -0.2) is 14.8 Å². The van der Waals surface area contributed by atoms with Gasteiger partial charge in [0.25, 0.3) is 0 Å². The SMILES string of the molecule is Cc1nc(C(F)(F)F)nc(N)c1CCC1CCN(C(=O)CNC(=O)OC(C)(C)C)CC1. The summed E-state index contributed by atoms with van der Waals surface area (Å²) < 4.78 is 43.5. The van der Waals surface area contributed by atoms with E-state index in [-0.39, 0.29) is 24.0 Å². The first-order valence-corrected chi connectivity index (χ1v) is 10.2. The van der Waals surface area contributed by atoms with Crippen LogP contribution in [0.3, 0.4) is 0 Å². The number of aromatic nitrogens is 2. The highest BCUT2D eigenvalue weighted by Gasteiger charge is 2.35. The number of nitrogens with zero attached hydrogens (tertiary/aromatic N) is 3. The number of halogens is 3. The number of carbonyl (C=O) groups is 2. The molecule has 0 saturated carbocycles. The molecule has 0 bridgehead atoms. The Bertz CT molecular complexity index is 777. The van der Waals surface area contributed by atoms with Crippen molar-refractivity contribution in [3.8, 4) is 0 Å². The van der Waals surface area contributed by atoms with Gasteiger partial charge < -0.3 is 20.7 Å². The second kappa shape index (κ2) is 9.69. The van der Waals surface area contributed by atoms with Crippen molar-refractivity contribution in [2.75, 3.05) is 25.4 Å². The van der Waals surface area contributed by atoms with E-state index in [2.05, 4.69) is 15.3 Å². The number of rotatable bonds is 5. The van der Waals surface area contributed by atoms with E-state index in [4.69, 9.17) is 10.5 Å². The highest BCUT2D eigenvalue weighted by Crippen LogP contribution is 2.30. The van der Waals surface area contributed by atoms with Gasteiger partial charge >= 0.3 is 12.3 Å². The molecule has 1 aliphatic heterocycles. The van der Waals surface area contributed by atoms with E-state index >= 15 is 0 Å². The highest BCUT2D eigenvalue weighted by atomic mass is 19.4. The van der Waals surface area contributed by atoms with Gasteiger partial charge in [0.05, 0.1) is 0 Å². The van der Waals surface area contributed by atoms with Crippen molar-refractivity contribution >= 4 is 17.8 Å². The minimum absolute atomic E-state index is 0.127. The predicted octanol–water partition coefficient (Wildman–Crippen LogP) is 3.08. The number of hydrogen-bond acceptors (Lipinski definition) is 6. The van der Waals surface area contributed by atoms with Crippen molar-refractivity contribution in [3.05, 3.63) is 17.1 Å². The third-order valence-corrected chi connectivity index (χ3v) is 5.05. The molecular formula is C20H30F3N5O3. The monoisotopic (exact) mass is 445 g/mol. The largest absolute Gasteiger partial charge is 0.451 e. The molecule has 1 saturated heterocycles. The molecule has 2 heterocycles. The van der Waals surface area contributed by atoms with Crippen LogP contribution in [0, 0.1) is 12.8 Å². The Labute approximate surface area is 179 Å². The molecular weight excluding hydrogens is 415 g/mol. The smallest absolute Gasteiger partial charge is 0.444 e. The standard InChI is InChI=1S/C20H30F3N5O3/c1-12-14(16(24)27-17(26-12)20(21,22)23)6-5-13-7-9-28(10-8-13)15(29)11-25-18(30)31-19(2,3)4/h13H,5-11H2,1-4H3,(H,25,30)(H2,24,26,27). The Kier molecular flexibility index (Phi) is 7.72. The number of carbonyl (C=O) groups excluding carboxylic acids is 2. The van der Waals surface area contributed by atoms with Crippen LogP contribution in [-0.2, 0) is 22.1 Å². The van der Waals surface area contributed by atoms with E-state index in [1.165, 1.54) is 6.92 Å². The third kappa shape index (κ3) is 7.55. The van der Waals surface area contributed by atoms with Gasteiger partial charge in [0.2, 0.25) is 11.7 Å². The lowest BCUT2D eigenvalue weighted by Gasteiger charge is -2.32. The lowest BCUT2D eigenvalue weighted by atomic mass is 9.90. The Morgan fingerprint density at radius 2 is 1.81 bits per heavy atom. The van der Waals surface area contributed by atoms with Crippen LogP contribution < -0.4 is 11.1 Å². The Morgan fingerprint density at radius 1 is 1.19 bits per heavy atom. The Hall–Kier alpha value is -2.59. The van der Waals surface area contributed by atoms with Crippen molar-refractivity contribution in [2.24, 2.45) is 5.92 Å². The number of likely N-dealkylation sites (tertiary alicyclic amines) is 1. The number of nitrogens with one attached hydrogen (secondary N) is 1. The van der Waals surface area contributed by atoms with Gasteiger partial charge in [-0.05, 0) is 59.3 Å². The number of hydrogen-bond donors (Lipinski definition) is 2. The van der Waals surface area contributed by atoms with E-state index in [9.17, 15) is 22.8 Å². The summed E-state index contributed by atoms with van der Waals surface area (Å²) in [5.41, 5.74) is 5.88. The molecule has 2 amide bonds. The Morgan fingerprint density at radius 3 is 2.32 bits per heavy atom. The molecule has 3 N–H and O–H groups in total. The number of anilines is 1. The van der Waals surface area contributed by atoms with Gasteiger partial charge in [-0.1, -0.05) is 0 Å². The number of nitrogen functional groups attached to an aromatic ring is 1. The molecule has 1 fully saturated rings. The molecule has 174 valence electrons. The number of nitrogens with two attached hydrogens (primary N) is 1. The van der Waals surface area contributed by atoms with Crippen LogP contribution in [0.2, 0.25) is 0 Å². The summed E-state index contributed by atoms with van der Waals surface area (Å²) in [6.45, 7) is 7.70. The first-order valence-electron chi connectivity index (χ1n) is 10.2. The second-order valence-corrected chi connectivity index (χ2v) is 8.71. The summed E-state index contributed by atoms with van der Waals surface area (Å²) in [7, 11) is 0. The number of ether oxygens (including phenoxy) is 1. The zero-order chi connectivity index (χ0) is 23.4. The highest BCUT2D eigenvalue weighted by molar-refractivity contribution is 5.82. The van der Waals surface area contributed by atoms with Gasteiger partial charge in [-0.3, -0.25) is 4.79 Å². The summed E-state index contributed by atoms with van der Waals surface area (Å²) in [6, 6.07) is 0. The van der Waals surface area contributed by atoms with Crippen LogP contribution in [-0.4, -0.2) is 52.1 Å². The van der Waals surface area contributed by atoms with Crippen molar-refractivity contribution in [2.45, 2.75) is 65.2 Å². The van der Waals surface area contributed by atoms with E-state index in [0.29, 0.717) is 31.0 Å². The van der Waals surface area contributed by atoms with Gasteiger partial charge in [-0.15, -0.1) is 0 Å². The fourth-order valence-electron chi connectivity index (χ4n) is 3.45. The fraction of sp³-hybridized carbons (Fsp3) is 0.700. The molecule has 31 heavy (non-hydrogen) atoms. The molecule has 0 atom stereocenters. The van der Waals surface area contributed by atoms with Gasteiger partial charge in [0.15, 0.2) is 0 Å². The van der Waals surface area contributed by atoms with Crippen molar-refractivity contribution < 1.29 is 27.5 Å². The first kappa shape index (κ1) is 24.7. The van der Waals surface area contributed by atoms with Crippen LogP contribution in [0.1, 0.15) is 57.1 Å². The zero-order valence-corrected chi connectivity index (χ0v) is 18.3. The van der Waals surface area contributed by atoms with Crippen LogP contribution in [0.5, 0.6) is 0 Å². The molecule has 2 rings (SSSR count). The van der Waals surface area contributed by atoms with Gasteiger partial charge in [0.1, 0.15) is 18.0 Å². The molecule has 1 aromatic rings. The summed E-state index contributed by atoms with van der Waals surface area (Å²) in [5.74, 6) is -1.23. The predicted molar refractivity (Wildman–Crippen MR) is 108 cm³/mol. The lowest BCUT2D eigenvalue weighted by Crippen LogP contribution is -2.45. The van der Waals surface area contributed by atoms with Gasteiger partial charge in [-0.2, -0.15) is 13.2 Å². The van der Waals surface area contributed by atoms with E-state index in [1.807, 2.05) is 0 Å². The average molecular weight is 445 g/mol. The maximum absolute atomic E-state index is 12.8. The van der Waals surface area contributed by atoms with E-state index < -0.39 is 23.7 Å². The summed E-state index contributed by atoms with van der Waals surface area (Å²) in [4.78, 5) is 32.6. The summed E-state index contributed by atoms with van der Waals surface area (Å²) in [6.07, 6.45) is -2.54. The normalized spacial score (nSPS) is 15.6. The summed E-state index contributed by atoms with van der Waals surface area (Å²) >= 11 is 0. The molecule has 1 aromatic heterocycles. The quantitative estimate of drug-likeness (QED) is 0.721. The van der Waals surface area contributed by atoms with Crippen molar-refractivity contribution in [1.82, 2.24) is 20.2 Å². The molecule has 0 unspecified atom stereocenters. The molecule has 1 aliphatic rings. The Balaban J connectivity index is 1.80. The molecule has 8 nitrogen and oxygen atoms in total. The maximum atomic E-state index is 12.8. The summed E-state index contributed by atoms with van der Waals surface area (Å²) in [5, 5.41) is 2.46. The maximum Gasteiger partial charge on any atom is 0.451 e. The molecule has 0 aliphatic carbocycles. The van der Waals surface area contributed by atoms with E-state index in [0.717, 1.165) is 19.3 Å². The topological polar surface area (TPSA) is 110 Å². The van der Waals surface area contributed by atoms with Crippen LogP contribution in [0.15, 0.2) is 0 Å². The third-order valence-electron chi connectivity index (χ3n) is 5.05. The molecule has 0 radical (unpaired) electrons. The first-order chi connectivity index (χ1) is 14.3. The van der Waals surface area contributed by atoms with E-state index in [1.54, 1.807) is 25.7 Å². The van der Waals surface area contributed by atoms with Crippen LogP contribution >= 0.6 is 0 Å². The number of amides is 2.